The van der Waals surface area contributed by atoms with E-state index in [9.17, 15) is 9.59 Å². The average Bonchev–Trinajstić information content (AvgIpc) is 2.77. The predicted octanol–water partition coefficient (Wildman–Crippen LogP) is 3.43. The summed E-state index contributed by atoms with van der Waals surface area (Å²) in [5, 5.41) is 3.44. The highest BCUT2D eigenvalue weighted by Gasteiger charge is 2.36. The van der Waals surface area contributed by atoms with Crippen molar-refractivity contribution in [3.63, 3.8) is 0 Å². The Bertz CT molecular complexity index is 679. The van der Waals surface area contributed by atoms with Crippen LogP contribution in [0.2, 0.25) is 0 Å². The van der Waals surface area contributed by atoms with Gasteiger partial charge in [0.15, 0.2) is 0 Å². The molecule has 6 heteroatoms. The van der Waals surface area contributed by atoms with E-state index in [0.717, 1.165) is 51.9 Å². The molecule has 0 radical (unpaired) electrons. The lowest BCUT2D eigenvalue weighted by Gasteiger charge is -2.41. The van der Waals surface area contributed by atoms with Crippen LogP contribution in [-0.4, -0.2) is 54.3 Å². The minimum atomic E-state index is -0.0720. The smallest absolute Gasteiger partial charge is 0.228 e. The number of hydrogen-bond donors (Lipinski definition) is 1. The number of halogens is 1. The third kappa shape index (κ3) is 5.52. The van der Waals surface area contributed by atoms with Crippen molar-refractivity contribution in [2.75, 3.05) is 32.7 Å². The van der Waals surface area contributed by atoms with Gasteiger partial charge in [-0.05, 0) is 36.8 Å². The molecule has 0 aromatic heterocycles. The second-order valence-electron chi connectivity index (χ2n) is 8.28. The van der Waals surface area contributed by atoms with Crippen molar-refractivity contribution in [2.45, 2.75) is 52.5 Å². The van der Waals surface area contributed by atoms with Gasteiger partial charge in [0.25, 0.3) is 0 Å². The first kappa shape index (κ1) is 23.7. The molecule has 0 saturated carbocycles. The SMILES string of the molecule is CCc1ccc(C2CNCCN2C(=O)C2CCCN(C(=O)C(C)CC)C2)cc1.Cl. The number of benzene rings is 1. The lowest BCUT2D eigenvalue weighted by atomic mass is 9.93. The summed E-state index contributed by atoms with van der Waals surface area (Å²) in [6.07, 6.45) is 3.67. The molecule has 1 N–H and O–H groups in total. The van der Waals surface area contributed by atoms with Crippen LogP contribution in [0.5, 0.6) is 0 Å². The number of amides is 2. The molecular weight excluding hydrogens is 386 g/mol. The molecular formula is C23H36ClN3O2. The molecule has 1 aromatic rings. The summed E-state index contributed by atoms with van der Waals surface area (Å²) in [5.74, 6) is 0.384. The maximum Gasteiger partial charge on any atom is 0.228 e. The van der Waals surface area contributed by atoms with E-state index in [-0.39, 0.29) is 42.1 Å². The quantitative estimate of drug-likeness (QED) is 0.792. The molecule has 162 valence electrons. The van der Waals surface area contributed by atoms with Crippen LogP contribution in [0.25, 0.3) is 0 Å². The summed E-state index contributed by atoms with van der Waals surface area (Å²) >= 11 is 0. The normalized spacial score (nSPS) is 23.3. The number of nitrogens with one attached hydrogen (secondary N) is 1. The van der Waals surface area contributed by atoms with Gasteiger partial charge in [-0.15, -0.1) is 12.4 Å². The van der Waals surface area contributed by atoms with E-state index in [1.807, 2.05) is 18.7 Å². The van der Waals surface area contributed by atoms with Crippen LogP contribution in [0, 0.1) is 11.8 Å². The zero-order valence-electron chi connectivity index (χ0n) is 18.0. The Morgan fingerprint density at radius 1 is 1.17 bits per heavy atom. The van der Waals surface area contributed by atoms with Crippen LogP contribution in [0.3, 0.4) is 0 Å². The molecule has 2 heterocycles. The Morgan fingerprint density at radius 3 is 2.55 bits per heavy atom. The van der Waals surface area contributed by atoms with Crippen LogP contribution in [0.15, 0.2) is 24.3 Å². The average molecular weight is 422 g/mol. The minimum absolute atomic E-state index is 0. The molecule has 0 aliphatic carbocycles. The fourth-order valence-electron chi connectivity index (χ4n) is 4.34. The summed E-state index contributed by atoms with van der Waals surface area (Å²) in [7, 11) is 0. The fraction of sp³-hybridized carbons (Fsp3) is 0.652. The van der Waals surface area contributed by atoms with E-state index < -0.39 is 0 Å². The number of rotatable bonds is 5. The molecule has 0 spiro atoms. The Hall–Kier alpha value is -1.59. The van der Waals surface area contributed by atoms with Gasteiger partial charge in [0.1, 0.15) is 0 Å². The number of hydrogen-bond acceptors (Lipinski definition) is 3. The molecule has 0 bridgehead atoms. The highest BCUT2D eigenvalue weighted by Crippen LogP contribution is 2.28. The molecule has 2 amide bonds. The first-order valence-electron chi connectivity index (χ1n) is 10.9. The van der Waals surface area contributed by atoms with E-state index in [0.29, 0.717) is 6.54 Å². The van der Waals surface area contributed by atoms with Crippen molar-refractivity contribution in [3.8, 4) is 0 Å². The molecule has 2 aliphatic rings. The van der Waals surface area contributed by atoms with Crippen LogP contribution in [0.1, 0.15) is 57.2 Å². The van der Waals surface area contributed by atoms with Crippen molar-refractivity contribution in [2.24, 2.45) is 11.8 Å². The fourth-order valence-corrected chi connectivity index (χ4v) is 4.34. The van der Waals surface area contributed by atoms with E-state index in [2.05, 4.69) is 41.4 Å². The van der Waals surface area contributed by atoms with Gasteiger partial charge in [-0.3, -0.25) is 9.59 Å². The number of piperazine rings is 1. The number of likely N-dealkylation sites (tertiary alicyclic amines) is 1. The largest absolute Gasteiger partial charge is 0.342 e. The summed E-state index contributed by atoms with van der Waals surface area (Å²) in [6.45, 7) is 9.91. The molecule has 3 rings (SSSR count). The van der Waals surface area contributed by atoms with Crippen LogP contribution >= 0.6 is 12.4 Å². The van der Waals surface area contributed by atoms with Gasteiger partial charge in [-0.25, -0.2) is 0 Å². The summed E-state index contributed by atoms with van der Waals surface area (Å²) in [6, 6.07) is 8.74. The van der Waals surface area contributed by atoms with Gasteiger partial charge >= 0.3 is 0 Å². The molecule has 3 unspecified atom stereocenters. The maximum absolute atomic E-state index is 13.4. The topological polar surface area (TPSA) is 52.7 Å². The van der Waals surface area contributed by atoms with Crippen LogP contribution in [-0.2, 0) is 16.0 Å². The maximum atomic E-state index is 13.4. The van der Waals surface area contributed by atoms with E-state index in [1.165, 1.54) is 11.1 Å². The Morgan fingerprint density at radius 2 is 1.90 bits per heavy atom. The zero-order chi connectivity index (χ0) is 20.1. The first-order chi connectivity index (χ1) is 13.5. The van der Waals surface area contributed by atoms with Gasteiger partial charge in [-0.1, -0.05) is 45.0 Å². The third-order valence-electron chi connectivity index (χ3n) is 6.42. The standard InChI is InChI=1S/C23H35N3O2.ClH/c1-4-17(3)22(27)25-13-6-7-20(16-25)23(28)26-14-12-24-15-21(26)19-10-8-18(5-2)9-11-19;/h8-11,17,20-21,24H,4-7,12-16H2,1-3H3;1H. The second kappa shape index (κ2) is 11.0. The van der Waals surface area contributed by atoms with E-state index >= 15 is 0 Å². The highest BCUT2D eigenvalue weighted by atomic mass is 35.5. The molecule has 1 aromatic carbocycles. The number of aryl methyl sites for hydroxylation is 1. The molecule has 2 fully saturated rings. The molecule has 5 nitrogen and oxygen atoms in total. The third-order valence-corrected chi connectivity index (χ3v) is 6.42. The van der Waals surface area contributed by atoms with E-state index in [1.54, 1.807) is 0 Å². The van der Waals surface area contributed by atoms with Gasteiger partial charge in [0, 0.05) is 38.6 Å². The minimum Gasteiger partial charge on any atom is -0.342 e. The lowest BCUT2D eigenvalue weighted by Crippen LogP contribution is -2.53. The Kier molecular flexibility index (Phi) is 8.97. The molecule has 3 atom stereocenters. The first-order valence-corrected chi connectivity index (χ1v) is 10.9. The van der Waals surface area contributed by atoms with Crippen molar-refractivity contribution < 1.29 is 9.59 Å². The summed E-state index contributed by atoms with van der Waals surface area (Å²) in [4.78, 5) is 30.0. The zero-order valence-corrected chi connectivity index (χ0v) is 18.8. The number of carbonyl (C=O) groups excluding carboxylic acids is 2. The summed E-state index contributed by atoms with van der Waals surface area (Å²) < 4.78 is 0. The van der Waals surface area contributed by atoms with Crippen molar-refractivity contribution in [1.82, 2.24) is 15.1 Å². The Balaban J connectivity index is 0.00000300. The second-order valence-corrected chi connectivity index (χ2v) is 8.28. The van der Waals surface area contributed by atoms with Crippen molar-refractivity contribution in [3.05, 3.63) is 35.4 Å². The lowest BCUT2D eigenvalue weighted by molar-refractivity contribution is -0.144. The molecule has 2 aliphatic heterocycles. The van der Waals surface area contributed by atoms with Crippen LogP contribution in [0.4, 0.5) is 0 Å². The van der Waals surface area contributed by atoms with Gasteiger partial charge in [0.2, 0.25) is 11.8 Å². The number of piperidine rings is 1. The monoisotopic (exact) mass is 421 g/mol. The highest BCUT2D eigenvalue weighted by molar-refractivity contribution is 5.85. The van der Waals surface area contributed by atoms with E-state index in [4.69, 9.17) is 0 Å². The van der Waals surface area contributed by atoms with Crippen molar-refractivity contribution >= 4 is 24.2 Å². The van der Waals surface area contributed by atoms with Crippen LogP contribution < -0.4 is 5.32 Å². The summed E-state index contributed by atoms with van der Waals surface area (Å²) in [5.41, 5.74) is 2.51. The molecule has 29 heavy (non-hydrogen) atoms. The number of nitrogens with zero attached hydrogens (tertiary/aromatic N) is 2. The predicted molar refractivity (Wildman–Crippen MR) is 119 cm³/mol. The number of carbonyl (C=O) groups is 2. The van der Waals surface area contributed by atoms with Gasteiger partial charge in [-0.2, -0.15) is 0 Å². The van der Waals surface area contributed by atoms with Gasteiger partial charge < -0.3 is 15.1 Å². The van der Waals surface area contributed by atoms with Gasteiger partial charge in [0.05, 0.1) is 12.0 Å². The molecule has 2 saturated heterocycles. The van der Waals surface area contributed by atoms with Crippen molar-refractivity contribution in [1.29, 1.82) is 0 Å². The Labute approximate surface area is 181 Å².